The van der Waals surface area contributed by atoms with Crippen molar-refractivity contribution in [1.82, 2.24) is 20.1 Å². The lowest BCUT2D eigenvalue weighted by atomic mass is 10.2. The molecule has 0 saturated heterocycles. The third-order valence-corrected chi connectivity index (χ3v) is 3.69. The second kappa shape index (κ2) is 7.22. The third-order valence-electron chi connectivity index (χ3n) is 3.69. The molecule has 0 spiro atoms. The molecule has 5 heteroatoms. The van der Waals surface area contributed by atoms with Gasteiger partial charge >= 0.3 is 0 Å². The van der Waals surface area contributed by atoms with Gasteiger partial charge in [-0.2, -0.15) is 0 Å². The number of aryl methyl sites for hydroxylation is 1. The van der Waals surface area contributed by atoms with Crippen molar-refractivity contribution >= 4 is 5.91 Å². The van der Waals surface area contributed by atoms with Crippen LogP contribution < -0.4 is 5.32 Å². The van der Waals surface area contributed by atoms with Crippen molar-refractivity contribution in [3.63, 3.8) is 0 Å². The first-order valence-corrected chi connectivity index (χ1v) is 7.58. The second-order valence-corrected chi connectivity index (χ2v) is 5.30. The molecule has 1 amide bonds. The number of allylic oxidation sites excluding steroid dienone is 1. The van der Waals surface area contributed by atoms with Crippen molar-refractivity contribution in [2.24, 2.45) is 0 Å². The van der Waals surface area contributed by atoms with Crippen molar-refractivity contribution < 1.29 is 4.79 Å². The maximum atomic E-state index is 11.8. The minimum Gasteiger partial charge on any atom is -0.352 e. The summed E-state index contributed by atoms with van der Waals surface area (Å²) in [5.41, 5.74) is 0.785. The number of nitrogens with zero attached hydrogens (tertiary/aromatic N) is 3. The maximum Gasteiger partial charge on any atom is 0.246 e. The molecular weight excluding hydrogens is 252 g/mol. The summed E-state index contributed by atoms with van der Waals surface area (Å²) in [5, 5.41) is 11.5. The lowest BCUT2D eigenvalue weighted by molar-refractivity contribution is -0.117. The molecule has 0 saturated carbocycles. The van der Waals surface area contributed by atoms with Gasteiger partial charge in [0, 0.05) is 31.5 Å². The Balaban J connectivity index is 1.87. The molecule has 0 aliphatic carbocycles. The number of fused-ring (bicyclic) bond motifs is 1. The lowest BCUT2D eigenvalue weighted by Gasteiger charge is -2.08. The zero-order chi connectivity index (χ0) is 14.4. The quantitative estimate of drug-likeness (QED) is 0.837. The molecule has 1 N–H and O–H groups in total. The Bertz CT molecular complexity index is 490. The first kappa shape index (κ1) is 14.8. The van der Waals surface area contributed by atoms with E-state index in [1.807, 2.05) is 19.9 Å². The fourth-order valence-corrected chi connectivity index (χ4v) is 2.56. The van der Waals surface area contributed by atoms with Gasteiger partial charge in [0.15, 0.2) is 0 Å². The van der Waals surface area contributed by atoms with Crippen molar-refractivity contribution in [3.8, 4) is 0 Å². The number of rotatable bonds is 5. The Labute approximate surface area is 120 Å². The van der Waals surface area contributed by atoms with Crippen LogP contribution >= 0.6 is 0 Å². The molecule has 1 aliphatic heterocycles. The Morgan fingerprint density at radius 2 is 2.20 bits per heavy atom. The third kappa shape index (κ3) is 3.68. The van der Waals surface area contributed by atoms with Crippen LogP contribution in [0.1, 0.15) is 51.2 Å². The van der Waals surface area contributed by atoms with Gasteiger partial charge in [-0.25, -0.2) is 0 Å². The first-order valence-electron chi connectivity index (χ1n) is 7.58. The van der Waals surface area contributed by atoms with Gasteiger partial charge in [-0.3, -0.25) is 4.79 Å². The zero-order valence-electron chi connectivity index (χ0n) is 12.5. The molecule has 2 heterocycles. The first-order chi connectivity index (χ1) is 9.72. The standard InChI is InChI=1S/C15H24N4O/c1-3-7-12(2)15(20)16-10-9-14-18-17-13-8-5-4-6-11-19(13)14/h7H,3-6,8-11H2,1-2H3,(H,16,20)/b12-7+. The van der Waals surface area contributed by atoms with Gasteiger partial charge in [0.25, 0.3) is 0 Å². The van der Waals surface area contributed by atoms with Crippen LogP contribution in [0.4, 0.5) is 0 Å². The van der Waals surface area contributed by atoms with Crippen molar-refractivity contribution in [3.05, 3.63) is 23.3 Å². The van der Waals surface area contributed by atoms with E-state index in [4.69, 9.17) is 0 Å². The number of hydrogen-bond acceptors (Lipinski definition) is 3. The SMILES string of the molecule is CC/C=C(\C)C(=O)NCCc1nnc2n1CCCCC2. The molecule has 2 rings (SSSR count). The van der Waals surface area contributed by atoms with E-state index in [1.54, 1.807) is 0 Å². The number of amides is 1. The van der Waals surface area contributed by atoms with E-state index in [9.17, 15) is 4.79 Å². The molecule has 0 aromatic carbocycles. The van der Waals surface area contributed by atoms with E-state index in [0.29, 0.717) is 6.54 Å². The highest BCUT2D eigenvalue weighted by atomic mass is 16.1. The minimum atomic E-state index is 0.0162. The number of aromatic nitrogens is 3. The van der Waals surface area contributed by atoms with E-state index in [1.165, 1.54) is 19.3 Å². The summed E-state index contributed by atoms with van der Waals surface area (Å²) in [6.45, 7) is 5.51. The fraction of sp³-hybridized carbons (Fsp3) is 0.667. The van der Waals surface area contributed by atoms with Crippen LogP contribution in [-0.2, 0) is 24.2 Å². The average Bonchev–Trinajstić information content (AvgIpc) is 2.68. The largest absolute Gasteiger partial charge is 0.352 e. The molecule has 0 fully saturated rings. The minimum absolute atomic E-state index is 0.0162. The summed E-state index contributed by atoms with van der Waals surface area (Å²) >= 11 is 0. The zero-order valence-corrected chi connectivity index (χ0v) is 12.5. The van der Waals surface area contributed by atoms with Crippen LogP contribution in [0.3, 0.4) is 0 Å². The van der Waals surface area contributed by atoms with E-state index in [0.717, 1.165) is 43.0 Å². The van der Waals surface area contributed by atoms with Crippen molar-refractivity contribution in [2.75, 3.05) is 6.54 Å². The number of hydrogen-bond donors (Lipinski definition) is 1. The molecule has 0 unspecified atom stereocenters. The van der Waals surface area contributed by atoms with Crippen LogP contribution in [0.15, 0.2) is 11.6 Å². The molecule has 20 heavy (non-hydrogen) atoms. The van der Waals surface area contributed by atoms with Crippen LogP contribution in [0.2, 0.25) is 0 Å². The molecule has 0 bridgehead atoms. The normalized spacial score (nSPS) is 15.6. The summed E-state index contributed by atoms with van der Waals surface area (Å²) in [6, 6.07) is 0. The van der Waals surface area contributed by atoms with Gasteiger partial charge < -0.3 is 9.88 Å². The highest BCUT2D eigenvalue weighted by Crippen LogP contribution is 2.14. The van der Waals surface area contributed by atoms with Crippen LogP contribution in [0.25, 0.3) is 0 Å². The van der Waals surface area contributed by atoms with Crippen LogP contribution in [0.5, 0.6) is 0 Å². The summed E-state index contributed by atoms with van der Waals surface area (Å²) < 4.78 is 2.23. The van der Waals surface area contributed by atoms with Crippen LogP contribution in [-0.4, -0.2) is 27.2 Å². The van der Waals surface area contributed by atoms with E-state index < -0.39 is 0 Å². The van der Waals surface area contributed by atoms with E-state index in [2.05, 4.69) is 20.1 Å². The molecule has 110 valence electrons. The summed E-state index contributed by atoms with van der Waals surface area (Å²) in [5.74, 6) is 2.12. The Kier molecular flexibility index (Phi) is 5.32. The van der Waals surface area contributed by atoms with Gasteiger partial charge in [0.05, 0.1) is 0 Å². The fourth-order valence-electron chi connectivity index (χ4n) is 2.56. The van der Waals surface area contributed by atoms with Crippen LogP contribution in [0, 0.1) is 0 Å². The molecule has 1 aliphatic rings. The molecule has 1 aromatic rings. The topological polar surface area (TPSA) is 59.8 Å². The number of nitrogens with one attached hydrogen (secondary N) is 1. The number of carbonyl (C=O) groups is 1. The summed E-state index contributed by atoms with van der Waals surface area (Å²) in [7, 11) is 0. The van der Waals surface area contributed by atoms with Gasteiger partial charge in [-0.1, -0.05) is 19.4 Å². The molecular formula is C15H24N4O. The van der Waals surface area contributed by atoms with Crippen molar-refractivity contribution in [2.45, 2.75) is 58.9 Å². The average molecular weight is 276 g/mol. The Hall–Kier alpha value is -1.65. The molecule has 0 radical (unpaired) electrons. The molecule has 0 atom stereocenters. The predicted molar refractivity (Wildman–Crippen MR) is 78.3 cm³/mol. The van der Waals surface area contributed by atoms with Gasteiger partial charge in [0.1, 0.15) is 11.6 Å². The summed E-state index contributed by atoms with van der Waals surface area (Å²) in [4.78, 5) is 11.8. The highest BCUT2D eigenvalue weighted by Gasteiger charge is 2.14. The van der Waals surface area contributed by atoms with Gasteiger partial charge in [-0.05, 0) is 26.2 Å². The van der Waals surface area contributed by atoms with Gasteiger partial charge in [-0.15, -0.1) is 10.2 Å². The molecule has 5 nitrogen and oxygen atoms in total. The monoisotopic (exact) mass is 276 g/mol. The smallest absolute Gasteiger partial charge is 0.246 e. The Morgan fingerprint density at radius 1 is 1.35 bits per heavy atom. The van der Waals surface area contributed by atoms with Gasteiger partial charge in [0.2, 0.25) is 5.91 Å². The maximum absolute atomic E-state index is 11.8. The predicted octanol–water partition coefficient (Wildman–Crippen LogP) is 2.02. The second-order valence-electron chi connectivity index (χ2n) is 5.30. The van der Waals surface area contributed by atoms with E-state index in [-0.39, 0.29) is 5.91 Å². The summed E-state index contributed by atoms with van der Waals surface area (Å²) in [6.07, 6.45) is 8.27. The van der Waals surface area contributed by atoms with Crippen molar-refractivity contribution in [1.29, 1.82) is 0 Å². The highest BCUT2D eigenvalue weighted by molar-refractivity contribution is 5.92. The Morgan fingerprint density at radius 3 is 3.00 bits per heavy atom. The number of carbonyl (C=O) groups excluding carboxylic acids is 1. The van der Waals surface area contributed by atoms with E-state index >= 15 is 0 Å². The lowest BCUT2D eigenvalue weighted by Crippen LogP contribution is -2.27. The molecule has 1 aromatic heterocycles.